The summed E-state index contributed by atoms with van der Waals surface area (Å²) in [5, 5.41) is 0. The van der Waals surface area contributed by atoms with E-state index in [9.17, 15) is 0 Å². The molecule has 0 aromatic heterocycles. The molecule has 2 heteroatoms. The van der Waals surface area contributed by atoms with Crippen LogP contribution in [0.25, 0.3) is 0 Å². The van der Waals surface area contributed by atoms with Gasteiger partial charge in [0.05, 0.1) is 0 Å². The van der Waals surface area contributed by atoms with Crippen LogP contribution in [0.3, 0.4) is 0 Å². The first kappa shape index (κ1) is 10.9. The van der Waals surface area contributed by atoms with Gasteiger partial charge in [-0.3, -0.25) is 0 Å². The maximum atomic E-state index is 5.42. The number of hydrogen-bond donors (Lipinski definition) is 1. The Morgan fingerprint density at radius 3 is 2.36 bits per heavy atom. The zero-order chi connectivity index (χ0) is 8.69. The predicted molar refractivity (Wildman–Crippen MR) is 50.6 cm³/mol. The Labute approximate surface area is 70.8 Å². The van der Waals surface area contributed by atoms with Gasteiger partial charge in [-0.2, -0.15) is 0 Å². The van der Waals surface area contributed by atoms with E-state index in [-0.39, 0.29) is 0 Å². The van der Waals surface area contributed by atoms with Crippen molar-refractivity contribution in [2.24, 2.45) is 11.7 Å². The van der Waals surface area contributed by atoms with Gasteiger partial charge in [-0.25, -0.2) is 0 Å². The number of nitrogens with two attached hydrogens (primary N) is 1. The van der Waals surface area contributed by atoms with Crippen molar-refractivity contribution in [3.63, 3.8) is 0 Å². The van der Waals surface area contributed by atoms with Crippen molar-refractivity contribution in [2.45, 2.75) is 26.2 Å². The first-order chi connectivity index (χ1) is 5.16. The summed E-state index contributed by atoms with van der Waals surface area (Å²) < 4.78 is 0. The minimum atomic E-state index is 0.834. The van der Waals surface area contributed by atoms with Crippen LogP contribution in [0.15, 0.2) is 0 Å². The molecule has 0 aliphatic carbocycles. The Morgan fingerprint density at radius 2 is 1.91 bits per heavy atom. The van der Waals surface area contributed by atoms with E-state index < -0.39 is 0 Å². The van der Waals surface area contributed by atoms with Crippen LogP contribution < -0.4 is 5.73 Å². The van der Waals surface area contributed by atoms with Crippen LogP contribution in [-0.2, 0) is 0 Å². The van der Waals surface area contributed by atoms with E-state index in [2.05, 4.69) is 25.9 Å². The Kier molecular flexibility index (Phi) is 6.57. The highest BCUT2D eigenvalue weighted by molar-refractivity contribution is 4.55. The average molecular weight is 158 g/mol. The van der Waals surface area contributed by atoms with E-state index in [0.717, 1.165) is 12.5 Å². The second kappa shape index (κ2) is 6.62. The van der Waals surface area contributed by atoms with Crippen molar-refractivity contribution < 1.29 is 0 Å². The van der Waals surface area contributed by atoms with Crippen LogP contribution in [0.2, 0.25) is 0 Å². The minimum Gasteiger partial charge on any atom is -0.330 e. The first-order valence-corrected chi connectivity index (χ1v) is 4.51. The number of rotatable bonds is 6. The summed E-state index contributed by atoms with van der Waals surface area (Å²) in [6.45, 7) is 4.34. The third-order valence-corrected chi connectivity index (χ3v) is 1.97. The van der Waals surface area contributed by atoms with Crippen LogP contribution in [0, 0.1) is 5.92 Å². The maximum Gasteiger partial charge on any atom is -0.00223 e. The third-order valence-electron chi connectivity index (χ3n) is 1.97. The van der Waals surface area contributed by atoms with Gasteiger partial charge in [0.15, 0.2) is 0 Å². The summed E-state index contributed by atoms with van der Waals surface area (Å²) in [5.41, 5.74) is 5.42. The molecule has 0 aromatic rings. The third kappa shape index (κ3) is 7.82. The van der Waals surface area contributed by atoms with E-state index in [4.69, 9.17) is 5.73 Å². The van der Waals surface area contributed by atoms with Gasteiger partial charge >= 0.3 is 0 Å². The second-order valence-corrected chi connectivity index (χ2v) is 3.63. The van der Waals surface area contributed by atoms with Crippen LogP contribution in [0.4, 0.5) is 0 Å². The van der Waals surface area contributed by atoms with Gasteiger partial charge in [-0.05, 0) is 52.4 Å². The van der Waals surface area contributed by atoms with Crippen molar-refractivity contribution in [1.82, 2.24) is 4.90 Å². The molecule has 0 heterocycles. The topological polar surface area (TPSA) is 29.3 Å². The highest BCUT2D eigenvalue weighted by Gasteiger charge is 2.01. The standard InChI is InChI=1S/C9H22N2/c1-9(5-4-7-10)6-8-11(2)3/h9H,4-8,10H2,1-3H3. The summed E-state index contributed by atoms with van der Waals surface area (Å²) in [4.78, 5) is 2.24. The summed E-state index contributed by atoms with van der Waals surface area (Å²) >= 11 is 0. The zero-order valence-electron chi connectivity index (χ0n) is 8.14. The zero-order valence-corrected chi connectivity index (χ0v) is 8.14. The lowest BCUT2D eigenvalue weighted by molar-refractivity contribution is 0.349. The Bertz CT molecular complexity index is 81.6. The highest BCUT2D eigenvalue weighted by Crippen LogP contribution is 2.09. The SMILES string of the molecule is CC(CCCN)CCN(C)C. The molecule has 1 atom stereocenters. The molecule has 2 N–H and O–H groups in total. The molecular weight excluding hydrogens is 136 g/mol. The van der Waals surface area contributed by atoms with E-state index in [1.807, 2.05) is 0 Å². The van der Waals surface area contributed by atoms with E-state index in [1.165, 1.54) is 25.8 Å². The van der Waals surface area contributed by atoms with Gasteiger partial charge in [0, 0.05) is 0 Å². The number of hydrogen-bond acceptors (Lipinski definition) is 2. The predicted octanol–water partition coefficient (Wildman–Crippen LogP) is 1.31. The van der Waals surface area contributed by atoms with Crippen molar-refractivity contribution in [3.05, 3.63) is 0 Å². The second-order valence-electron chi connectivity index (χ2n) is 3.63. The molecule has 0 bridgehead atoms. The molecule has 0 aliphatic heterocycles. The smallest absolute Gasteiger partial charge is 0.00223 e. The molecule has 0 radical (unpaired) electrons. The highest BCUT2D eigenvalue weighted by atomic mass is 15.0. The van der Waals surface area contributed by atoms with Crippen molar-refractivity contribution in [1.29, 1.82) is 0 Å². The van der Waals surface area contributed by atoms with Crippen LogP contribution in [0.1, 0.15) is 26.2 Å². The molecule has 0 aliphatic rings. The van der Waals surface area contributed by atoms with Gasteiger partial charge in [-0.1, -0.05) is 6.92 Å². The van der Waals surface area contributed by atoms with Crippen LogP contribution >= 0.6 is 0 Å². The summed E-state index contributed by atoms with van der Waals surface area (Å²) in [6, 6.07) is 0. The molecule has 1 unspecified atom stereocenters. The molecule has 68 valence electrons. The molecule has 0 fully saturated rings. The first-order valence-electron chi connectivity index (χ1n) is 4.51. The van der Waals surface area contributed by atoms with Gasteiger partial charge < -0.3 is 10.6 Å². The van der Waals surface area contributed by atoms with E-state index >= 15 is 0 Å². The lowest BCUT2D eigenvalue weighted by atomic mass is 10.0. The molecule has 0 saturated carbocycles. The molecule has 0 spiro atoms. The fraction of sp³-hybridized carbons (Fsp3) is 1.00. The summed E-state index contributed by atoms with van der Waals surface area (Å²) in [6.07, 6.45) is 3.76. The van der Waals surface area contributed by atoms with E-state index in [1.54, 1.807) is 0 Å². The van der Waals surface area contributed by atoms with Gasteiger partial charge in [-0.15, -0.1) is 0 Å². The fourth-order valence-corrected chi connectivity index (χ4v) is 1.09. The molecule has 0 saturated heterocycles. The molecule has 0 rings (SSSR count). The van der Waals surface area contributed by atoms with E-state index in [0.29, 0.717) is 0 Å². The maximum absolute atomic E-state index is 5.42. The minimum absolute atomic E-state index is 0.834. The van der Waals surface area contributed by atoms with Crippen LogP contribution in [-0.4, -0.2) is 32.1 Å². The van der Waals surface area contributed by atoms with Gasteiger partial charge in [0.2, 0.25) is 0 Å². The van der Waals surface area contributed by atoms with Crippen molar-refractivity contribution in [3.8, 4) is 0 Å². The Balaban J connectivity index is 3.15. The van der Waals surface area contributed by atoms with Gasteiger partial charge in [0.1, 0.15) is 0 Å². The Morgan fingerprint density at radius 1 is 1.27 bits per heavy atom. The summed E-state index contributed by atoms with van der Waals surface area (Å²) in [7, 11) is 4.24. The molecule has 11 heavy (non-hydrogen) atoms. The van der Waals surface area contributed by atoms with Crippen LogP contribution in [0.5, 0.6) is 0 Å². The Hall–Kier alpha value is -0.0800. The molecule has 2 nitrogen and oxygen atoms in total. The average Bonchev–Trinajstić information content (AvgIpc) is 1.97. The fourth-order valence-electron chi connectivity index (χ4n) is 1.09. The molecule has 0 amide bonds. The largest absolute Gasteiger partial charge is 0.330 e. The summed E-state index contributed by atoms with van der Waals surface area (Å²) in [5.74, 6) is 0.834. The quantitative estimate of drug-likeness (QED) is 0.631. The van der Waals surface area contributed by atoms with Crippen molar-refractivity contribution >= 4 is 0 Å². The lowest BCUT2D eigenvalue weighted by Gasteiger charge is -2.14. The molecule has 0 aromatic carbocycles. The van der Waals surface area contributed by atoms with Crippen molar-refractivity contribution in [2.75, 3.05) is 27.2 Å². The van der Waals surface area contributed by atoms with Gasteiger partial charge in [0.25, 0.3) is 0 Å². The lowest BCUT2D eigenvalue weighted by Crippen LogP contribution is -2.16. The monoisotopic (exact) mass is 158 g/mol. The molecular formula is C9H22N2. The number of nitrogens with zero attached hydrogens (tertiary/aromatic N) is 1. The normalized spacial score (nSPS) is 13.9.